The van der Waals surface area contributed by atoms with Crippen molar-refractivity contribution in [3.63, 3.8) is 0 Å². The van der Waals surface area contributed by atoms with Gasteiger partial charge in [0.25, 0.3) is 0 Å². The van der Waals surface area contributed by atoms with E-state index in [4.69, 9.17) is 7.34 Å². The molecule has 0 atom stereocenters. The fourth-order valence-corrected chi connectivity index (χ4v) is 0. The third-order valence-electron chi connectivity index (χ3n) is 0. The van der Waals surface area contributed by atoms with Crippen molar-refractivity contribution in [3.05, 3.63) is 0 Å². The van der Waals surface area contributed by atoms with Crippen molar-refractivity contribution >= 4 is 71.9 Å². The molecule has 0 amide bonds. The van der Waals surface area contributed by atoms with E-state index in [0.717, 1.165) is 0 Å². The summed E-state index contributed by atoms with van der Waals surface area (Å²) in [7, 11) is 0. The van der Waals surface area contributed by atoms with Crippen LogP contribution in [0.1, 0.15) is 0 Å². The van der Waals surface area contributed by atoms with E-state index < -0.39 is 0 Å². The summed E-state index contributed by atoms with van der Waals surface area (Å²) in [6.45, 7) is 0. The number of hydrogen-bond acceptors (Lipinski definition) is 2. The van der Waals surface area contributed by atoms with E-state index in [1.54, 1.807) is 0 Å². The van der Waals surface area contributed by atoms with Gasteiger partial charge in [0.05, 0.1) is 0 Å². The van der Waals surface area contributed by atoms with Gasteiger partial charge in [-0.1, -0.05) is 0 Å². The minimum absolute atomic E-state index is 0. The Hall–Kier alpha value is 1.94. The molecule has 30 valence electrons. The predicted molar refractivity (Wildman–Crippen MR) is 32.8 cm³/mol. The van der Waals surface area contributed by atoms with Crippen LogP contribution in [-0.4, -0.2) is 71.9 Å². The third kappa shape index (κ3) is 38.6. The fraction of sp³-hybridized carbons (Fsp3) is 0. The van der Waals surface area contributed by atoms with Crippen molar-refractivity contribution in [2.24, 2.45) is 0 Å². The van der Waals surface area contributed by atoms with Crippen molar-refractivity contribution in [3.8, 4) is 0 Å². The van der Waals surface area contributed by atoms with Gasteiger partial charge < -0.3 is 0 Å². The van der Waals surface area contributed by atoms with E-state index in [1.165, 1.54) is 16.2 Å². The second-order valence-electron chi connectivity index (χ2n) is 0. The van der Waals surface area contributed by atoms with Crippen molar-refractivity contribution < 1.29 is 7.34 Å². The van der Waals surface area contributed by atoms with Gasteiger partial charge >= 0.3 is 61.9 Å². The van der Waals surface area contributed by atoms with Crippen LogP contribution in [0.5, 0.6) is 0 Å². The van der Waals surface area contributed by atoms with E-state index in [0.29, 0.717) is 18.6 Å². The van der Waals surface area contributed by atoms with Crippen molar-refractivity contribution in [2.75, 3.05) is 0 Å². The maximum atomic E-state index is 8.31. The zero-order valence-corrected chi connectivity index (χ0v) is 5.55. The standard InChI is InChI=1S/2Al.2Ga.2O.6H. The molecule has 2 nitrogen and oxygen atoms in total. The van der Waals surface area contributed by atoms with Crippen LogP contribution in [0.15, 0.2) is 0 Å². The normalized spacial score (nSPS) is 1.00. The van der Waals surface area contributed by atoms with E-state index in [2.05, 4.69) is 0 Å². The van der Waals surface area contributed by atoms with Crippen LogP contribution < -0.4 is 0 Å². The van der Waals surface area contributed by atoms with Gasteiger partial charge in [-0.25, -0.2) is 0 Å². The Morgan fingerprint density at radius 2 is 1.17 bits per heavy atom. The van der Waals surface area contributed by atoms with Gasteiger partial charge in [-0.2, -0.15) is 0 Å². The molecule has 0 unspecified atom stereocenters. The Morgan fingerprint density at radius 1 is 1.17 bits per heavy atom. The molecule has 0 rings (SSSR count). The molecule has 0 saturated carbocycles. The average molecular weight is 231 g/mol. The molecule has 0 heterocycles. The molecule has 0 aromatic carbocycles. The summed E-state index contributed by atoms with van der Waals surface area (Å²) in [6.07, 6.45) is 0. The van der Waals surface area contributed by atoms with Gasteiger partial charge in [0.1, 0.15) is 0 Å². The number of rotatable bonds is 0. The molecule has 0 fully saturated rings. The Labute approximate surface area is 78.5 Å². The molecule has 6 heavy (non-hydrogen) atoms. The summed E-state index contributed by atoms with van der Waals surface area (Å²) in [5, 5.41) is 0. The first-order chi connectivity index (χ1) is 2.00. The topological polar surface area (TPSA) is 34.1 Å². The van der Waals surface area contributed by atoms with Crippen LogP contribution in [0.2, 0.25) is 0 Å². The van der Waals surface area contributed by atoms with E-state index >= 15 is 0 Å². The molecule has 0 aliphatic heterocycles. The predicted octanol–water partition coefficient (Wildman–Crippen LogP) is -3.37. The van der Waals surface area contributed by atoms with Gasteiger partial charge in [0.15, 0.2) is 17.4 Å². The summed E-state index contributed by atoms with van der Waals surface area (Å²) >= 11 is 1.60. The molecule has 0 aromatic rings. The third-order valence-corrected chi connectivity index (χ3v) is 0. The monoisotopic (exact) mass is 230 g/mol. The first-order valence-electron chi connectivity index (χ1n) is 0.471. The zero-order valence-electron chi connectivity index (χ0n) is 1.97. The van der Waals surface area contributed by atoms with Crippen LogP contribution >= 0.6 is 0 Å². The van der Waals surface area contributed by atoms with Crippen LogP contribution in [0.3, 0.4) is 0 Å². The van der Waals surface area contributed by atoms with Crippen LogP contribution in [0.25, 0.3) is 0 Å². The Kier molecular flexibility index (Phi) is 268. The van der Waals surface area contributed by atoms with Gasteiger partial charge in [0.2, 0.25) is 0 Å². The molecule has 0 saturated heterocycles. The van der Waals surface area contributed by atoms with Gasteiger partial charge in [0, 0.05) is 0 Å². The Morgan fingerprint density at radius 3 is 1.17 bits per heavy atom. The molecule has 0 bridgehead atoms. The zero-order chi connectivity index (χ0) is 4.00. The Bertz CT molecular complexity index is 11.5. The first kappa shape index (κ1) is 24.6. The second-order valence-corrected chi connectivity index (χ2v) is 0. The Balaban J connectivity index is -0.00000000500. The van der Waals surface area contributed by atoms with Crippen LogP contribution in [0.4, 0.5) is 0 Å². The molecule has 0 N–H and O–H groups in total. The summed E-state index contributed by atoms with van der Waals surface area (Å²) in [6, 6.07) is 0. The maximum absolute atomic E-state index is 8.31. The van der Waals surface area contributed by atoms with Crippen LogP contribution in [0, 0.1) is 0 Å². The molecule has 0 aromatic heterocycles. The number of hydrogen-bond donors (Lipinski definition) is 0. The quantitative estimate of drug-likeness (QED) is 0.408. The van der Waals surface area contributed by atoms with Crippen molar-refractivity contribution in [1.82, 2.24) is 0 Å². The summed E-state index contributed by atoms with van der Waals surface area (Å²) < 4.78 is 16.5. The summed E-state index contributed by atoms with van der Waals surface area (Å²) in [5.41, 5.74) is 0. The molecule has 0 spiro atoms. The van der Waals surface area contributed by atoms with E-state index in [9.17, 15) is 0 Å². The molecular weight excluding hydrogens is 225 g/mol. The molecule has 0 aliphatic rings. The molecule has 6 heteroatoms. The fourth-order valence-electron chi connectivity index (χ4n) is 0. The minimum atomic E-state index is 0. The summed E-state index contributed by atoms with van der Waals surface area (Å²) in [5.74, 6) is 0. The summed E-state index contributed by atoms with van der Waals surface area (Å²) in [4.78, 5) is 0. The van der Waals surface area contributed by atoms with Crippen molar-refractivity contribution in [2.45, 2.75) is 0 Å². The first-order valence-corrected chi connectivity index (χ1v) is 1.93. The second kappa shape index (κ2) is 65.1. The van der Waals surface area contributed by atoms with Crippen molar-refractivity contribution in [1.29, 1.82) is 0 Å². The van der Waals surface area contributed by atoms with E-state index in [1.807, 2.05) is 0 Å². The average Bonchev–Trinajstić information content (AvgIpc) is 1.50. The SMILES string of the molecule is [AlH3].[GaH3].[O]=[Al].[O]=[Ga]. The van der Waals surface area contributed by atoms with Crippen LogP contribution in [-0.2, 0) is 7.34 Å². The van der Waals surface area contributed by atoms with Gasteiger partial charge in [-0.05, 0) is 0 Å². The van der Waals surface area contributed by atoms with Gasteiger partial charge in [-0.15, -0.1) is 0 Å². The van der Waals surface area contributed by atoms with E-state index in [-0.39, 0.29) is 37.2 Å². The molecule has 0 aliphatic carbocycles. The molecular formula is H6Al2Ga2O2. The molecule has 2 radical (unpaired) electrons. The van der Waals surface area contributed by atoms with Gasteiger partial charge in [-0.3, -0.25) is 0 Å².